The van der Waals surface area contributed by atoms with Gasteiger partial charge >= 0.3 is 0 Å². The summed E-state index contributed by atoms with van der Waals surface area (Å²) >= 11 is 0. The minimum atomic E-state index is -0.0294. The summed E-state index contributed by atoms with van der Waals surface area (Å²) in [6.45, 7) is 2.09. The maximum Gasteiger partial charge on any atom is 0.236 e. The van der Waals surface area contributed by atoms with Gasteiger partial charge < -0.3 is 9.64 Å². The first kappa shape index (κ1) is 12.7. The number of carbonyl (C=O) groups is 1. The Morgan fingerprint density at radius 2 is 1.65 bits per heavy atom. The third kappa shape index (κ3) is 1.95. The van der Waals surface area contributed by atoms with Crippen molar-refractivity contribution >= 4 is 11.6 Å². The van der Waals surface area contributed by atoms with Crippen molar-refractivity contribution in [3.8, 4) is 5.75 Å². The Kier molecular flexibility index (Phi) is 3.18. The first-order valence-electron chi connectivity index (χ1n) is 6.74. The van der Waals surface area contributed by atoms with Crippen LogP contribution in [-0.2, 0) is 4.79 Å². The summed E-state index contributed by atoms with van der Waals surface area (Å²) in [4.78, 5) is 14.3. The highest BCUT2D eigenvalue weighted by molar-refractivity contribution is 6.06. The Hall–Kier alpha value is -2.29. The quantitative estimate of drug-likeness (QED) is 0.799. The van der Waals surface area contributed by atoms with Crippen LogP contribution in [0.2, 0.25) is 0 Å². The predicted octanol–water partition coefficient (Wildman–Crippen LogP) is 3.21. The van der Waals surface area contributed by atoms with Crippen LogP contribution in [0.1, 0.15) is 18.4 Å². The molecule has 3 nitrogen and oxygen atoms in total. The molecule has 0 N–H and O–H groups in total. The average Bonchev–Trinajstić information content (AvgIpc) is 2.49. The molecular formula is C17H17NO2. The molecule has 0 aliphatic carbocycles. The van der Waals surface area contributed by atoms with Gasteiger partial charge in [0.2, 0.25) is 5.91 Å². The summed E-state index contributed by atoms with van der Waals surface area (Å²) in [7, 11) is 1.64. The van der Waals surface area contributed by atoms with Crippen LogP contribution in [0.5, 0.6) is 5.75 Å². The van der Waals surface area contributed by atoms with Gasteiger partial charge in [0.15, 0.2) is 0 Å². The molecule has 2 aromatic rings. The second-order valence-electron chi connectivity index (χ2n) is 5.04. The van der Waals surface area contributed by atoms with E-state index in [1.807, 2.05) is 59.5 Å². The Balaban J connectivity index is 1.82. The molecule has 2 aromatic carbocycles. The fraction of sp³-hybridized carbons (Fsp3) is 0.235. The van der Waals surface area contributed by atoms with Crippen LogP contribution in [0.15, 0.2) is 54.6 Å². The number of amides is 1. The normalized spacial score (nSPS) is 21.5. The van der Waals surface area contributed by atoms with E-state index in [9.17, 15) is 4.79 Å². The standard InChI is InChI=1S/C17H17NO2/c1-12-16(13-6-4-3-5-7-13)17(19)18(12)14-8-10-15(20-2)11-9-14/h3-12,16H,1-2H3. The van der Waals surface area contributed by atoms with Crippen LogP contribution in [-0.4, -0.2) is 19.1 Å². The van der Waals surface area contributed by atoms with Crippen LogP contribution in [0.4, 0.5) is 5.69 Å². The summed E-state index contributed by atoms with van der Waals surface area (Å²) < 4.78 is 5.14. The zero-order valence-corrected chi connectivity index (χ0v) is 11.6. The van der Waals surface area contributed by atoms with E-state index in [2.05, 4.69) is 6.92 Å². The van der Waals surface area contributed by atoms with Crippen LogP contribution < -0.4 is 9.64 Å². The maximum atomic E-state index is 12.4. The van der Waals surface area contributed by atoms with Crippen molar-refractivity contribution in [2.75, 3.05) is 12.0 Å². The average molecular weight is 267 g/mol. The summed E-state index contributed by atoms with van der Waals surface area (Å²) in [5.74, 6) is 0.932. The van der Waals surface area contributed by atoms with Crippen molar-refractivity contribution in [1.29, 1.82) is 0 Å². The number of ether oxygens (including phenoxy) is 1. The monoisotopic (exact) mass is 267 g/mol. The van der Waals surface area contributed by atoms with Gasteiger partial charge in [0.1, 0.15) is 5.75 Å². The number of rotatable bonds is 3. The van der Waals surface area contributed by atoms with Crippen molar-refractivity contribution in [2.24, 2.45) is 0 Å². The molecule has 0 radical (unpaired) electrons. The first-order valence-corrected chi connectivity index (χ1v) is 6.74. The molecule has 0 saturated carbocycles. The molecule has 2 atom stereocenters. The van der Waals surface area contributed by atoms with Crippen LogP contribution in [0.25, 0.3) is 0 Å². The second-order valence-corrected chi connectivity index (χ2v) is 5.04. The number of methoxy groups -OCH3 is 1. The van der Waals surface area contributed by atoms with Gasteiger partial charge in [-0.05, 0) is 36.8 Å². The Labute approximate surface area is 118 Å². The minimum absolute atomic E-state index is 0.0294. The molecule has 2 unspecified atom stereocenters. The van der Waals surface area contributed by atoms with Crippen molar-refractivity contribution in [3.63, 3.8) is 0 Å². The summed E-state index contributed by atoms with van der Waals surface area (Å²) in [6.07, 6.45) is 0. The Bertz CT molecular complexity index is 607. The lowest BCUT2D eigenvalue weighted by molar-refractivity contribution is -0.126. The predicted molar refractivity (Wildman–Crippen MR) is 79.1 cm³/mol. The smallest absolute Gasteiger partial charge is 0.236 e. The molecule has 1 heterocycles. The molecule has 3 heteroatoms. The molecule has 1 amide bonds. The van der Waals surface area contributed by atoms with E-state index in [0.29, 0.717) is 0 Å². The van der Waals surface area contributed by atoms with Gasteiger partial charge in [-0.3, -0.25) is 4.79 Å². The van der Waals surface area contributed by atoms with Gasteiger partial charge in [-0.2, -0.15) is 0 Å². The molecule has 0 bridgehead atoms. The van der Waals surface area contributed by atoms with E-state index in [0.717, 1.165) is 17.0 Å². The highest BCUT2D eigenvalue weighted by atomic mass is 16.5. The van der Waals surface area contributed by atoms with Gasteiger partial charge in [-0.15, -0.1) is 0 Å². The van der Waals surface area contributed by atoms with Gasteiger partial charge in [-0.25, -0.2) is 0 Å². The van der Waals surface area contributed by atoms with Gasteiger partial charge in [-0.1, -0.05) is 30.3 Å². The number of β-lactam (4-membered cyclic amide) rings is 1. The molecule has 1 fully saturated rings. The highest BCUT2D eigenvalue weighted by Crippen LogP contribution is 2.39. The Morgan fingerprint density at radius 1 is 1.00 bits per heavy atom. The lowest BCUT2D eigenvalue weighted by Crippen LogP contribution is -2.58. The molecule has 20 heavy (non-hydrogen) atoms. The zero-order chi connectivity index (χ0) is 14.1. The van der Waals surface area contributed by atoms with E-state index in [-0.39, 0.29) is 17.9 Å². The summed E-state index contributed by atoms with van der Waals surface area (Å²) in [6, 6.07) is 17.8. The van der Waals surface area contributed by atoms with Crippen LogP contribution >= 0.6 is 0 Å². The third-order valence-corrected chi connectivity index (χ3v) is 3.90. The molecule has 102 valence electrons. The van der Waals surface area contributed by atoms with Crippen molar-refractivity contribution in [1.82, 2.24) is 0 Å². The largest absolute Gasteiger partial charge is 0.497 e. The number of anilines is 1. The molecule has 1 aliphatic rings. The summed E-state index contributed by atoms with van der Waals surface area (Å²) in [5.41, 5.74) is 2.02. The molecule has 0 spiro atoms. The van der Waals surface area contributed by atoms with Gasteiger partial charge in [0.25, 0.3) is 0 Å². The number of benzene rings is 2. The van der Waals surface area contributed by atoms with E-state index in [4.69, 9.17) is 4.74 Å². The van der Waals surface area contributed by atoms with E-state index in [1.54, 1.807) is 7.11 Å². The highest BCUT2D eigenvalue weighted by Gasteiger charge is 2.45. The fourth-order valence-corrected chi connectivity index (χ4v) is 2.81. The minimum Gasteiger partial charge on any atom is -0.497 e. The van der Waals surface area contributed by atoms with Crippen molar-refractivity contribution < 1.29 is 9.53 Å². The lowest BCUT2D eigenvalue weighted by Gasteiger charge is -2.45. The fourth-order valence-electron chi connectivity index (χ4n) is 2.81. The van der Waals surface area contributed by atoms with Gasteiger partial charge in [0, 0.05) is 11.7 Å². The second kappa shape index (κ2) is 5.00. The number of hydrogen-bond donors (Lipinski definition) is 0. The van der Waals surface area contributed by atoms with E-state index >= 15 is 0 Å². The zero-order valence-electron chi connectivity index (χ0n) is 11.6. The lowest BCUT2D eigenvalue weighted by atomic mass is 9.82. The number of carbonyl (C=O) groups excluding carboxylic acids is 1. The molecule has 3 rings (SSSR count). The van der Waals surface area contributed by atoms with E-state index in [1.165, 1.54) is 0 Å². The van der Waals surface area contributed by atoms with Crippen molar-refractivity contribution in [3.05, 3.63) is 60.2 Å². The molecular weight excluding hydrogens is 250 g/mol. The first-order chi connectivity index (χ1) is 9.72. The molecule has 0 aromatic heterocycles. The van der Waals surface area contributed by atoms with Crippen LogP contribution in [0, 0.1) is 0 Å². The van der Waals surface area contributed by atoms with E-state index < -0.39 is 0 Å². The maximum absolute atomic E-state index is 12.4. The number of nitrogens with zero attached hydrogens (tertiary/aromatic N) is 1. The SMILES string of the molecule is COc1ccc(N2C(=O)C(c3ccccc3)C2C)cc1. The number of hydrogen-bond acceptors (Lipinski definition) is 2. The Morgan fingerprint density at radius 3 is 2.20 bits per heavy atom. The summed E-state index contributed by atoms with van der Waals surface area (Å²) in [5, 5.41) is 0. The topological polar surface area (TPSA) is 29.5 Å². The third-order valence-electron chi connectivity index (χ3n) is 3.90. The van der Waals surface area contributed by atoms with Crippen LogP contribution in [0.3, 0.4) is 0 Å². The van der Waals surface area contributed by atoms with Gasteiger partial charge in [0.05, 0.1) is 13.0 Å². The molecule has 1 saturated heterocycles. The van der Waals surface area contributed by atoms with Crippen molar-refractivity contribution in [2.45, 2.75) is 18.9 Å². The molecule has 1 aliphatic heterocycles.